The smallest absolute Gasteiger partial charge is 0.132 e. The lowest BCUT2D eigenvalue weighted by molar-refractivity contribution is 0.457. The van der Waals surface area contributed by atoms with Crippen molar-refractivity contribution < 1.29 is 5.11 Å². The maximum atomic E-state index is 9.56. The molecule has 0 aliphatic heterocycles. The van der Waals surface area contributed by atoms with Crippen LogP contribution in [-0.4, -0.2) is 11.4 Å². The minimum atomic E-state index is 0.428. The first-order valence-corrected chi connectivity index (χ1v) is 4.72. The van der Waals surface area contributed by atoms with E-state index in [4.69, 9.17) is 0 Å². The van der Waals surface area contributed by atoms with Crippen molar-refractivity contribution in [2.24, 2.45) is 0 Å². The first-order valence-electron chi connectivity index (χ1n) is 3.50. The fourth-order valence-corrected chi connectivity index (χ4v) is 1.49. The Kier molecular flexibility index (Phi) is 2.45. The van der Waals surface area contributed by atoms with E-state index in [2.05, 4.69) is 0 Å². The third-order valence-corrected chi connectivity index (χ3v) is 2.65. The van der Waals surface area contributed by atoms with Crippen LogP contribution in [0.2, 0.25) is 0 Å². The second kappa shape index (κ2) is 3.18. The molecule has 0 bridgehead atoms. The van der Waals surface area contributed by atoms with Gasteiger partial charge >= 0.3 is 0 Å². The largest absolute Gasteiger partial charge is 0.506 e. The van der Waals surface area contributed by atoms with E-state index in [0.717, 1.165) is 16.0 Å². The summed E-state index contributed by atoms with van der Waals surface area (Å²) in [4.78, 5) is 0.952. The fourth-order valence-electron chi connectivity index (χ4n) is 0.941. The fraction of sp³-hybridized carbons (Fsp3) is 0.333. The van der Waals surface area contributed by atoms with Gasteiger partial charge in [0.05, 0.1) is 0 Å². The van der Waals surface area contributed by atoms with Gasteiger partial charge in [0.25, 0.3) is 0 Å². The van der Waals surface area contributed by atoms with Crippen LogP contribution in [0.25, 0.3) is 0 Å². The predicted octanol–water partition coefficient (Wildman–Crippen LogP) is 2.73. The summed E-state index contributed by atoms with van der Waals surface area (Å²) in [5.41, 5.74) is 2.12. The normalized spacial score (nSPS) is 10.1. The monoisotopic (exact) mass is 168 g/mol. The van der Waals surface area contributed by atoms with Crippen LogP contribution in [0.15, 0.2) is 17.0 Å². The van der Waals surface area contributed by atoms with Crippen molar-refractivity contribution in [2.45, 2.75) is 18.7 Å². The summed E-state index contributed by atoms with van der Waals surface area (Å²) in [6, 6.07) is 3.98. The summed E-state index contributed by atoms with van der Waals surface area (Å²) < 4.78 is 0. The molecule has 0 spiro atoms. The van der Waals surface area contributed by atoms with E-state index >= 15 is 0 Å². The molecule has 0 radical (unpaired) electrons. The summed E-state index contributed by atoms with van der Waals surface area (Å²) in [5, 5.41) is 9.56. The van der Waals surface area contributed by atoms with E-state index in [-0.39, 0.29) is 0 Å². The third-order valence-electron chi connectivity index (χ3n) is 1.88. The van der Waals surface area contributed by atoms with Gasteiger partial charge < -0.3 is 5.11 Å². The molecular formula is C9H12OS. The van der Waals surface area contributed by atoms with E-state index in [1.807, 2.05) is 32.2 Å². The Bertz CT molecular complexity index is 269. The molecule has 0 atom stereocenters. The van der Waals surface area contributed by atoms with Crippen LogP contribution < -0.4 is 0 Å². The van der Waals surface area contributed by atoms with Gasteiger partial charge in [-0.05, 0) is 37.3 Å². The van der Waals surface area contributed by atoms with Gasteiger partial charge in [-0.25, -0.2) is 0 Å². The van der Waals surface area contributed by atoms with Crippen molar-refractivity contribution >= 4 is 11.8 Å². The van der Waals surface area contributed by atoms with E-state index in [1.165, 1.54) is 0 Å². The van der Waals surface area contributed by atoms with E-state index in [9.17, 15) is 5.11 Å². The van der Waals surface area contributed by atoms with Gasteiger partial charge in [0.1, 0.15) is 5.75 Å². The van der Waals surface area contributed by atoms with E-state index in [1.54, 1.807) is 11.8 Å². The van der Waals surface area contributed by atoms with Crippen molar-refractivity contribution in [2.75, 3.05) is 6.26 Å². The second-order valence-electron chi connectivity index (χ2n) is 2.56. The van der Waals surface area contributed by atoms with E-state index in [0.29, 0.717) is 5.75 Å². The molecule has 2 heteroatoms. The van der Waals surface area contributed by atoms with Crippen LogP contribution in [0.3, 0.4) is 0 Å². The number of hydrogen-bond donors (Lipinski definition) is 1. The lowest BCUT2D eigenvalue weighted by Gasteiger charge is -2.06. The van der Waals surface area contributed by atoms with Gasteiger partial charge in [0, 0.05) is 4.90 Å². The molecule has 0 unspecified atom stereocenters. The van der Waals surface area contributed by atoms with Crippen molar-refractivity contribution in [1.82, 2.24) is 0 Å². The average molecular weight is 168 g/mol. The summed E-state index contributed by atoms with van der Waals surface area (Å²) in [6.07, 6.45) is 1.96. The molecular weight excluding hydrogens is 156 g/mol. The van der Waals surface area contributed by atoms with Gasteiger partial charge in [0.2, 0.25) is 0 Å². The Morgan fingerprint density at radius 2 is 1.91 bits per heavy atom. The highest BCUT2D eigenvalue weighted by molar-refractivity contribution is 7.98. The highest BCUT2D eigenvalue weighted by atomic mass is 32.2. The lowest BCUT2D eigenvalue weighted by atomic mass is 10.1. The van der Waals surface area contributed by atoms with Crippen LogP contribution in [-0.2, 0) is 0 Å². The molecule has 1 nitrogen and oxygen atoms in total. The molecule has 60 valence electrons. The number of hydrogen-bond acceptors (Lipinski definition) is 2. The Balaban J connectivity index is 3.25. The number of phenolic OH excluding ortho intramolecular Hbond substituents is 1. The van der Waals surface area contributed by atoms with Crippen LogP contribution in [0.1, 0.15) is 11.1 Å². The zero-order valence-corrected chi connectivity index (χ0v) is 7.83. The van der Waals surface area contributed by atoms with Gasteiger partial charge in [-0.3, -0.25) is 0 Å². The van der Waals surface area contributed by atoms with Crippen LogP contribution in [0.5, 0.6) is 5.75 Å². The highest BCUT2D eigenvalue weighted by Crippen LogP contribution is 2.31. The Hall–Kier alpha value is -0.630. The molecule has 0 saturated carbocycles. The number of rotatable bonds is 1. The maximum Gasteiger partial charge on any atom is 0.132 e. The highest BCUT2D eigenvalue weighted by Gasteiger charge is 2.03. The minimum Gasteiger partial charge on any atom is -0.506 e. The van der Waals surface area contributed by atoms with Crippen molar-refractivity contribution in [3.05, 3.63) is 23.3 Å². The van der Waals surface area contributed by atoms with E-state index < -0.39 is 0 Å². The molecule has 1 rings (SSSR count). The molecule has 0 fully saturated rings. The average Bonchev–Trinajstić information content (AvgIpc) is 2.01. The van der Waals surface area contributed by atoms with Gasteiger partial charge in [0.15, 0.2) is 0 Å². The Morgan fingerprint density at radius 1 is 1.27 bits per heavy atom. The molecule has 1 aromatic rings. The Labute approximate surface area is 71.4 Å². The summed E-state index contributed by atoms with van der Waals surface area (Å²) in [5.74, 6) is 0.428. The van der Waals surface area contributed by atoms with Gasteiger partial charge in [-0.1, -0.05) is 6.07 Å². The SMILES string of the molecule is CSc1ccc(C)c(C)c1O. The number of benzene rings is 1. The van der Waals surface area contributed by atoms with Crippen LogP contribution in [0.4, 0.5) is 0 Å². The third kappa shape index (κ3) is 1.51. The maximum absolute atomic E-state index is 9.56. The van der Waals surface area contributed by atoms with Crippen LogP contribution >= 0.6 is 11.8 Å². The zero-order valence-electron chi connectivity index (χ0n) is 7.01. The first-order chi connectivity index (χ1) is 5.16. The molecule has 0 heterocycles. The molecule has 0 aliphatic rings. The molecule has 1 N–H and O–H groups in total. The summed E-state index contributed by atoms with van der Waals surface area (Å²) in [6.45, 7) is 3.93. The van der Waals surface area contributed by atoms with Crippen molar-refractivity contribution in [3.8, 4) is 5.75 Å². The number of thioether (sulfide) groups is 1. The Morgan fingerprint density at radius 3 is 2.45 bits per heavy atom. The minimum absolute atomic E-state index is 0.428. The molecule has 1 aromatic carbocycles. The number of phenols is 1. The number of aryl methyl sites for hydroxylation is 1. The van der Waals surface area contributed by atoms with Gasteiger partial charge in [-0.2, -0.15) is 0 Å². The quantitative estimate of drug-likeness (QED) is 0.651. The molecule has 11 heavy (non-hydrogen) atoms. The predicted molar refractivity (Wildman–Crippen MR) is 49.4 cm³/mol. The molecule has 0 aromatic heterocycles. The zero-order chi connectivity index (χ0) is 8.43. The molecule has 0 saturated heterocycles. The number of aromatic hydroxyl groups is 1. The second-order valence-corrected chi connectivity index (χ2v) is 3.41. The van der Waals surface area contributed by atoms with Crippen molar-refractivity contribution in [1.29, 1.82) is 0 Å². The lowest BCUT2D eigenvalue weighted by Crippen LogP contribution is -1.83. The molecule has 0 amide bonds. The van der Waals surface area contributed by atoms with Crippen molar-refractivity contribution in [3.63, 3.8) is 0 Å². The van der Waals surface area contributed by atoms with Crippen LogP contribution in [0, 0.1) is 13.8 Å². The standard InChI is InChI=1S/C9H12OS/c1-6-4-5-8(11-3)9(10)7(6)2/h4-5,10H,1-3H3. The summed E-state index contributed by atoms with van der Waals surface area (Å²) in [7, 11) is 0. The first kappa shape index (κ1) is 8.47. The van der Waals surface area contributed by atoms with Gasteiger partial charge in [-0.15, -0.1) is 11.8 Å². The summed E-state index contributed by atoms with van der Waals surface area (Å²) >= 11 is 1.57. The molecule has 0 aliphatic carbocycles. The topological polar surface area (TPSA) is 20.2 Å².